The topological polar surface area (TPSA) is 74.1 Å². The third-order valence-electron chi connectivity index (χ3n) is 2.87. The van der Waals surface area contributed by atoms with E-state index in [4.69, 9.17) is 9.47 Å². The summed E-state index contributed by atoms with van der Waals surface area (Å²) in [4.78, 5) is 0. The number of nitrogens with one attached hydrogen (secondary N) is 1. The van der Waals surface area contributed by atoms with E-state index in [1.807, 2.05) is 18.2 Å². The Labute approximate surface area is 117 Å². The second kappa shape index (κ2) is 6.74. The van der Waals surface area contributed by atoms with E-state index in [9.17, 15) is 0 Å². The summed E-state index contributed by atoms with van der Waals surface area (Å²) in [5, 5.41) is 14.8. The molecule has 2 rings (SSSR count). The maximum atomic E-state index is 5.28. The molecule has 0 aliphatic carbocycles. The normalized spacial score (nSPS) is 10.3. The lowest BCUT2D eigenvalue weighted by Gasteiger charge is -2.10. The number of benzene rings is 1. The maximum Gasteiger partial charge on any atom is 0.243 e. The number of rotatable bonds is 7. The fourth-order valence-corrected chi connectivity index (χ4v) is 1.87. The summed E-state index contributed by atoms with van der Waals surface area (Å²) >= 11 is 0. The molecule has 0 spiro atoms. The highest BCUT2D eigenvalue weighted by atomic mass is 16.5. The molecule has 0 fully saturated rings. The highest BCUT2D eigenvalue weighted by Crippen LogP contribution is 2.27. The molecule has 2 aromatic rings. The molecule has 0 aliphatic heterocycles. The van der Waals surface area contributed by atoms with Crippen molar-refractivity contribution in [2.75, 3.05) is 19.5 Å². The Morgan fingerprint density at radius 3 is 2.70 bits per heavy atom. The Morgan fingerprint density at radius 1 is 1.20 bits per heavy atom. The summed E-state index contributed by atoms with van der Waals surface area (Å²) in [7, 11) is 3.24. The molecule has 20 heavy (non-hydrogen) atoms. The van der Waals surface area contributed by atoms with Crippen LogP contribution in [-0.2, 0) is 13.1 Å². The molecule has 108 valence electrons. The van der Waals surface area contributed by atoms with Gasteiger partial charge in [-0.05, 0) is 34.5 Å². The fraction of sp³-hybridized carbons (Fsp3) is 0.462. The van der Waals surface area contributed by atoms with Crippen LogP contribution in [0.2, 0.25) is 0 Å². The molecule has 0 amide bonds. The van der Waals surface area contributed by atoms with Gasteiger partial charge >= 0.3 is 0 Å². The van der Waals surface area contributed by atoms with Crippen molar-refractivity contribution in [1.82, 2.24) is 20.2 Å². The average molecular weight is 277 g/mol. The summed E-state index contributed by atoms with van der Waals surface area (Å²) < 4.78 is 12.2. The van der Waals surface area contributed by atoms with Crippen molar-refractivity contribution < 1.29 is 9.47 Å². The first-order valence-corrected chi connectivity index (χ1v) is 6.49. The van der Waals surface area contributed by atoms with Gasteiger partial charge in [-0.25, -0.2) is 4.68 Å². The highest BCUT2D eigenvalue weighted by molar-refractivity contribution is 5.43. The minimum Gasteiger partial charge on any atom is -0.493 e. The Kier molecular flexibility index (Phi) is 4.75. The van der Waals surface area contributed by atoms with Crippen LogP contribution in [0.15, 0.2) is 18.2 Å². The van der Waals surface area contributed by atoms with Gasteiger partial charge in [-0.3, -0.25) is 0 Å². The number of aromatic nitrogens is 4. The zero-order valence-corrected chi connectivity index (χ0v) is 12.0. The average Bonchev–Trinajstić information content (AvgIpc) is 2.92. The molecule has 0 saturated carbocycles. The van der Waals surface area contributed by atoms with E-state index >= 15 is 0 Å². The summed E-state index contributed by atoms with van der Waals surface area (Å²) in [6.07, 6.45) is 0.982. The van der Waals surface area contributed by atoms with Crippen LogP contribution < -0.4 is 14.8 Å². The SMILES string of the molecule is CCCn1nnnc1NCc1ccc(OC)c(OC)c1. The number of ether oxygens (including phenoxy) is 2. The van der Waals surface area contributed by atoms with Crippen LogP contribution in [0.25, 0.3) is 0 Å². The number of aryl methyl sites for hydroxylation is 1. The predicted molar refractivity (Wildman–Crippen MR) is 75.0 cm³/mol. The molecular formula is C13H19N5O2. The van der Waals surface area contributed by atoms with Crippen LogP contribution in [0.4, 0.5) is 5.95 Å². The van der Waals surface area contributed by atoms with Crippen LogP contribution in [0.3, 0.4) is 0 Å². The standard InChI is InChI=1S/C13H19N5O2/c1-4-7-18-13(15-16-17-18)14-9-10-5-6-11(19-2)12(8-10)20-3/h5-6,8H,4,7,9H2,1-3H3,(H,14,15,17). The van der Waals surface area contributed by atoms with Crippen LogP contribution in [0.5, 0.6) is 11.5 Å². The second-order valence-electron chi connectivity index (χ2n) is 4.27. The fourth-order valence-electron chi connectivity index (χ4n) is 1.87. The summed E-state index contributed by atoms with van der Waals surface area (Å²) in [6, 6.07) is 5.78. The molecule has 0 atom stereocenters. The van der Waals surface area contributed by atoms with Gasteiger partial charge in [-0.1, -0.05) is 18.1 Å². The molecule has 7 heteroatoms. The smallest absolute Gasteiger partial charge is 0.243 e. The molecule has 0 bridgehead atoms. The first-order chi connectivity index (χ1) is 9.78. The Balaban J connectivity index is 2.05. The number of tetrazole rings is 1. The second-order valence-corrected chi connectivity index (χ2v) is 4.27. The van der Waals surface area contributed by atoms with Crippen molar-refractivity contribution in [1.29, 1.82) is 0 Å². The molecule has 0 aliphatic rings. The van der Waals surface area contributed by atoms with Gasteiger partial charge in [-0.15, -0.1) is 0 Å². The van der Waals surface area contributed by atoms with E-state index in [2.05, 4.69) is 27.8 Å². The zero-order chi connectivity index (χ0) is 14.4. The lowest BCUT2D eigenvalue weighted by Crippen LogP contribution is -2.09. The Bertz CT molecular complexity index is 555. The van der Waals surface area contributed by atoms with Gasteiger partial charge in [0.1, 0.15) is 0 Å². The molecule has 0 unspecified atom stereocenters. The van der Waals surface area contributed by atoms with E-state index in [-0.39, 0.29) is 0 Å². The van der Waals surface area contributed by atoms with Gasteiger partial charge in [0.25, 0.3) is 0 Å². The molecule has 1 aromatic heterocycles. The van der Waals surface area contributed by atoms with Gasteiger partial charge in [0, 0.05) is 13.1 Å². The quantitative estimate of drug-likeness (QED) is 0.830. The number of nitrogens with zero attached hydrogens (tertiary/aromatic N) is 4. The van der Waals surface area contributed by atoms with Crippen LogP contribution >= 0.6 is 0 Å². The first-order valence-electron chi connectivity index (χ1n) is 6.49. The Hall–Kier alpha value is -2.31. The van der Waals surface area contributed by atoms with Crippen molar-refractivity contribution in [3.8, 4) is 11.5 Å². The molecule has 1 heterocycles. The number of anilines is 1. The van der Waals surface area contributed by atoms with Crippen LogP contribution in [-0.4, -0.2) is 34.4 Å². The molecular weight excluding hydrogens is 258 g/mol. The van der Waals surface area contributed by atoms with E-state index in [0.29, 0.717) is 24.0 Å². The lowest BCUT2D eigenvalue weighted by atomic mass is 10.2. The number of hydrogen-bond acceptors (Lipinski definition) is 6. The van der Waals surface area contributed by atoms with Gasteiger partial charge in [0.05, 0.1) is 14.2 Å². The lowest BCUT2D eigenvalue weighted by molar-refractivity contribution is 0.354. The first kappa shape index (κ1) is 14.1. The maximum absolute atomic E-state index is 5.28. The third kappa shape index (κ3) is 3.17. The molecule has 0 saturated heterocycles. The largest absolute Gasteiger partial charge is 0.493 e. The molecule has 0 radical (unpaired) electrons. The minimum absolute atomic E-state index is 0.616. The third-order valence-corrected chi connectivity index (χ3v) is 2.87. The van der Waals surface area contributed by atoms with Crippen molar-refractivity contribution >= 4 is 5.95 Å². The van der Waals surface area contributed by atoms with Crippen LogP contribution in [0.1, 0.15) is 18.9 Å². The Morgan fingerprint density at radius 2 is 2.00 bits per heavy atom. The van der Waals surface area contributed by atoms with E-state index in [1.54, 1.807) is 18.9 Å². The minimum atomic E-state index is 0.616. The monoisotopic (exact) mass is 277 g/mol. The number of hydrogen-bond donors (Lipinski definition) is 1. The predicted octanol–water partition coefficient (Wildman–Crippen LogP) is 1.71. The van der Waals surface area contributed by atoms with Crippen molar-refractivity contribution in [3.05, 3.63) is 23.8 Å². The summed E-state index contributed by atoms with van der Waals surface area (Å²) in [5.41, 5.74) is 1.06. The van der Waals surface area contributed by atoms with Gasteiger partial charge in [0.15, 0.2) is 11.5 Å². The summed E-state index contributed by atoms with van der Waals surface area (Å²) in [5.74, 6) is 2.09. The highest BCUT2D eigenvalue weighted by Gasteiger charge is 2.07. The van der Waals surface area contributed by atoms with Crippen molar-refractivity contribution in [2.45, 2.75) is 26.4 Å². The van der Waals surface area contributed by atoms with E-state index in [1.165, 1.54) is 0 Å². The molecule has 1 N–H and O–H groups in total. The van der Waals surface area contributed by atoms with Crippen LogP contribution in [0, 0.1) is 0 Å². The zero-order valence-electron chi connectivity index (χ0n) is 12.0. The van der Waals surface area contributed by atoms with Gasteiger partial charge in [-0.2, -0.15) is 0 Å². The van der Waals surface area contributed by atoms with Crippen molar-refractivity contribution in [2.24, 2.45) is 0 Å². The number of methoxy groups -OCH3 is 2. The van der Waals surface area contributed by atoms with E-state index in [0.717, 1.165) is 18.5 Å². The molecule has 7 nitrogen and oxygen atoms in total. The van der Waals surface area contributed by atoms with Gasteiger partial charge in [0.2, 0.25) is 5.95 Å². The molecule has 1 aromatic carbocycles. The van der Waals surface area contributed by atoms with Gasteiger partial charge < -0.3 is 14.8 Å². The van der Waals surface area contributed by atoms with Crippen molar-refractivity contribution in [3.63, 3.8) is 0 Å². The summed E-state index contributed by atoms with van der Waals surface area (Å²) in [6.45, 7) is 3.49. The van der Waals surface area contributed by atoms with E-state index < -0.39 is 0 Å².